The van der Waals surface area contributed by atoms with Crippen LogP contribution in [0.25, 0.3) is 0 Å². The fourth-order valence-corrected chi connectivity index (χ4v) is 4.18. The minimum atomic E-state index is 0.676. The van der Waals surface area contributed by atoms with Gasteiger partial charge in [0.1, 0.15) is 0 Å². The molecule has 0 fully saturated rings. The molecule has 0 amide bonds. The minimum Gasteiger partial charge on any atom is -0.354 e. The highest BCUT2D eigenvalue weighted by Crippen LogP contribution is 2.23. The third-order valence-corrected chi connectivity index (χ3v) is 5.61. The highest BCUT2D eigenvalue weighted by molar-refractivity contribution is 9.11. The first-order valence-corrected chi connectivity index (χ1v) is 9.26. The van der Waals surface area contributed by atoms with Crippen molar-refractivity contribution in [2.75, 3.05) is 33.1 Å². The summed E-state index contributed by atoms with van der Waals surface area (Å²) >= 11 is 6.88. The zero-order valence-corrected chi connectivity index (χ0v) is 16.3. The van der Waals surface area contributed by atoms with Gasteiger partial charge in [-0.15, -0.1) is 22.7 Å². The van der Waals surface area contributed by atoms with Crippen molar-refractivity contribution in [3.8, 4) is 0 Å². The van der Waals surface area contributed by atoms with Crippen molar-refractivity contribution >= 4 is 49.7 Å². The molecular weight excluding hydrogens is 382 g/mol. The lowest BCUT2D eigenvalue weighted by Gasteiger charge is -2.21. The Kier molecular flexibility index (Phi) is 6.22. The van der Waals surface area contributed by atoms with E-state index >= 15 is 0 Å². The Bertz CT molecular complexity index is 635. The Morgan fingerprint density at radius 3 is 2.68 bits per heavy atom. The summed E-state index contributed by atoms with van der Waals surface area (Å²) in [5.41, 5.74) is 1.03. The number of hydrogen-bond donors (Lipinski definition) is 1. The molecule has 0 saturated heterocycles. The van der Waals surface area contributed by atoms with Crippen molar-refractivity contribution in [3.05, 3.63) is 31.9 Å². The Morgan fingerprint density at radius 2 is 2.14 bits per heavy atom. The largest absolute Gasteiger partial charge is 0.354 e. The molecule has 0 unspecified atom stereocenters. The van der Waals surface area contributed by atoms with E-state index < -0.39 is 0 Å². The van der Waals surface area contributed by atoms with Crippen LogP contribution in [-0.4, -0.2) is 44.0 Å². The van der Waals surface area contributed by atoms with Gasteiger partial charge in [-0.2, -0.15) is 0 Å². The van der Waals surface area contributed by atoms with Crippen molar-refractivity contribution in [1.82, 2.24) is 15.2 Å². The maximum absolute atomic E-state index is 4.57. The molecule has 0 radical (unpaired) electrons. The predicted molar refractivity (Wildman–Crippen MR) is 100 cm³/mol. The molecule has 2 heterocycles. The average molecular weight is 402 g/mol. The number of guanidine groups is 1. The van der Waals surface area contributed by atoms with Crippen molar-refractivity contribution in [2.45, 2.75) is 13.1 Å². The standard InChI is InChI=1S/C14H20BrN5S2/c1-16-13(20(4)8-11-5-6-12(15)22-11)17-7-10-9-21-14(18-10)19(2)3/h5-6,9H,7-8H2,1-4H3,(H,16,17). The van der Waals surface area contributed by atoms with E-state index in [9.17, 15) is 0 Å². The lowest BCUT2D eigenvalue weighted by Crippen LogP contribution is -2.37. The van der Waals surface area contributed by atoms with E-state index in [1.54, 1.807) is 29.7 Å². The van der Waals surface area contributed by atoms with Gasteiger partial charge in [0.2, 0.25) is 0 Å². The third-order valence-electron chi connectivity index (χ3n) is 2.95. The topological polar surface area (TPSA) is 43.8 Å². The smallest absolute Gasteiger partial charge is 0.194 e. The molecule has 8 heteroatoms. The predicted octanol–water partition coefficient (Wildman–Crippen LogP) is 3.24. The summed E-state index contributed by atoms with van der Waals surface area (Å²) < 4.78 is 1.15. The number of aliphatic imine (C=N–C) groups is 1. The second-order valence-corrected chi connectivity index (χ2v) is 8.36. The zero-order chi connectivity index (χ0) is 16.1. The maximum Gasteiger partial charge on any atom is 0.194 e. The number of hydrogen-bond acceptors (Lipinski definition) is 5. The Balaban J connectivity index is 1.91. The van der Waals surface area contributed by atoms with Gasteiger partial charge in [0.05, 0.1) is 22.6 Å². The first kappa shape index (κ1) is 17.2. The van der Waals surface area contributed by atoms with Gasteiger partial charge in [0.25, 0.3) is 0 Å². The second-order valence-electron chi connectivity index (χ2n) is 4.98. The van der Waals surface area contributed by atoms with E-state index in [2.05, 4.69) is 53.6 Å². The summed E-state index contributed by atoms with van der Waals surface area (Å²) in [5, 5.41) is 6.45. The third kappa shape index (κ3) is 4.69. The van der Waals surface area contributed by atoms with Gasteiger partial charge in [-0.05, 0) is 28.1 Å². The lowest BCUT2D eigenvalue weighted by molar-refractivity contribution is 0.481. The fraction of sp³-hybridized carbons (Fsp3) is 0.429. The minimum absolute atomic E-state index is 0.676. The molecule has 1 N–H and O–H groups in total. The number of aromatic nitrogens is 1. The van der Waals surface area contributed by atoms with Crippen LogP contribution in [0.2, 0.25) is 0 Å². The zero-order valence-electron chi connectivity index (χ0n) is 13.1. The number of thiazole rings is 1. The normalized spacial score (nSPS) is 11.6. The van der Waals surface area contributed by atoms with Crippen molar-refractivity contribution in [1.29, 1.82) is 0 Å². The van der Waals surface area contributed by atoms with Crippen LogP contribution in [0.5, 0.6) is 0 Å². The number of nitrogens with one attached hydrogen (secondary N) is 1. The van der Waals surface area contributed by atoms with Gasteiger partial charge in [-0.1, -0.05) is 0 Å². The summed E-state index contributed by atoms with van der Waals surface area (Å²) in [6.45, 7) is 1.51. The van der Waals surface area contributed by atoms with Crippen molar-refractivity contribution in [3.63, 3.8) is 0 Å². The van der Waals surface area contributed by atoms with Crippen molar-refractivity contribution in [2.24, 2.45) is 4.99 Å². The number of rotatable bonds is 5. The number of halogens is 1. The molecule has 0 aromatic carbocycles. The van der Waals surface area contributed by atoms with Gasteiger partial charge in [-0.25, -0.2) is 4.98 Å². The number of nitrogens with zero attached hydrogens (tertiary/aromatic N) is 4. The van der Waals surface area contributed by atoms with Crippen LogP contribution in [0.1, 0.15) is 10.6 Å². The molecule has 0 saturated carbocycles. The van der Waals surface area contributed by atoms with E-state index in [1.165, 1.54) is 4.88 Å². The molecule has 5 nitrogen and oxygen atoms in total. The van der Waals surface area contributed by atoms with Gasteiger partial charge < -0.3 is 15.1 Å². The SMILES string of the molecule is CN=C(NCc1csc(N(C)C)n1)N(C)Cc1ccc(Br)s1. The monoisotopic (exact) mass is 401 g/mol. The Hall–Kier alpha value is -1.12. The molecule has 2 aromatic rings. The lowest BCUT2D eigenvalue weighted by atomic mass is 10.4. The molecule has 0 aliphatic heterocycles. The van der Waals surface area contributed by atoms with Gasteiger partial charge >= 0.3 is 0 Å². The van der Waals surface area contributed by atoms with E-state index in [-0.39, 0.29) is 0 Å². The first-order chi connectivity index (χ1) is 10.5. The molecular formula is C14H20BrN5S2. The van der Waals surface area contributed by atoms with Crippen LogP contribution >= 0.6 is 38.6 Å². The molecule has 0 spiro atoms. The van der Waals surface area contributed by atoms with Crippen LogP contribution in [0.3, 0.4) is 0 Å². The van der Waals surface area contributed by atoms with Gasteiger partial charge in [0, 0.05) is 38.4 Å². The summed E-state index contributed by atoms with van der Waals surface area (Å²) in [5.74, 6) is 0.865. The van der Waals surface area contributed by atoms with E-state index in [0.717, 1.165) is 27.1 Å². The summed E-state index contributed by atoms with van der Waals surface area (Å²) in [6, 6.07) is 4.20. The molecule has 0 aliphatic carbocycles. The van der Waals surface area contributed by atoms with Gasteiger partial charge in [0.15, 0.2) is 11.1 Å². The highest BCUT2D eigenvalue weighted by Gasteiger charge is 2.09. The molecule has 0 aliphatic rings. The summed E-state index contributed by atoms with van der Waals surface area (Å²) in [4.78, 5) is 14.3. The maximum atomic E-state index is 4.57. The summed E-state index contributed by atoms with van der Waals surface area (Å²) in [7, 11) is 7.84. The van der Waals surface area contributed by atoms with Crippen molar-refractivity contribution < 1.29 is 0 Å². The van der Waals surface area contributed by atoms with Crippen LogP contribution in [0.4, 0.5) is 5.13 Å². The van der Waals surface area contributed by atoms with Crippen LogP contribution in [0, 0.1) is 0 Å². The quantitative estimate of drug-likeness (QED) is 0.616. The fourth-order valence-electron chi connectivity index (χ4n) is 1.88. The van der Waals surface area contributed by atoms with E-state index in [4.69, 9.17) is 0 Å². The molecule has 120 valence electrons. The number of anilines is 1. The molecule has 2 aromatic heterocycles. The Morgan fingerprint density at radius 1 is 1.36 bits per heavy atom. The van der Waals surface area contributed by atoms with Gasteiger partial charge in [-0.3, -0.25) is 4.99 Å². The van der Waals surface area contributed by atoms with Crippen LogP contribution < -0.4 is 10.2 Å². The van der Waals surface area contributed by atoms with E-state index in [1.807, 2.05) is 26.0 Å². The molecule has 0 bridgehead atoms. The molecule has 0 atom stereocenters. The van der Waals surface area contributed by atoms with E-state index in [0.29, 0.717) is 6.54 Å². The second kappa shape index (κ2) is 7.94. The molecule has 2 rings (SSSR count). The molecule has 22 heavy (non-hydrogen) atoms. The highest BCUT2D eigenvalue weighted by atomic mass is 79.9. The van der Waals surface area contributed by atoms with Crippen LogP contribution in [-0.2, 0) is 13.1 Å². The Labute approximate surface area is 147 Å². The van der Waals surface area contributed by atoms with Crippen LogP contribution in [0.15, 0.2) is 26.3 Å². The summed E-state index contributed by atoms with van der Waals surface area (Å²) in [6.07, 6.45) is 0. The average Bonchev–Trinajstić information content (AvgIpc) is 3.09. The first-order valence-electron chi connectivity index (χ1n) is 6.77. The number of thiophene rings is 1.